The average molecular weight is 402 g/mol. The molecule has 1 aliphatic rings. The Hall–Kier alpha value is -2.62. The molecule has 0 spiro atoms. The number of methoxy groups -OCH3 is 1. The molecule has 2 N–H and O–H groups in total. The lowest BCUT2D eigenvalue weighted by Crippen LogP contribution is -2.43. The summed E-state index contributed by atoms with van der Waals surface area (Å²) in [4.78, 5) is 0. The highest BCUT2D eigenvalue weighted by Crippen LogP contribution is 2.41. The van der Waals surface area contributed by atoms with Gasteiger partial charge < -0.3 is 15.2 Å². The fourth-order valence-corrected chi connectivity index (χ4v) is 4.74. The van der Waals surface area contributed by atoms with Crippen LogP contribution < -0.4 is 10.1 Å². The molecule has 3 heteroatoms. The standard InChI is InChI=1S/C27H31NO2/c1-30-25-14-8-13-23(19-25)27(20-29)17-15-24(16-18-27)28-26(21-9-4-2-5-10-21)22-11-6-3-7-12-22/h2-14,19,24,26,28-29H,15-18,20H2,1H3/t24-,27-. The van der Waals surface area contributed by atoms with E-state index in [0.29, 0.717) is 6.04 Å². The van der Waals surface area contributed by atoms with Crippen molar-refractivity contribution in [2.75, 3.05) is 13.7 Å². The molecule has 0 aliphatic heterocycles. The van der Waals surface area contributed by atoms with Crippen molar-refractivity contribution in [2.24, 2.45) is 0 Å². The Morgan fingerprint density at radius 3 is 2.03 bits per heavy atom. The summed E-state index contributed by atoms with van der Waals surface area (Å²) in [6, 6.07) is 30.1. The van der Waals surface area contributed by atoms with Gasteiger partial charge in [-0.25, -0.2) is 0 Å². The van der Waals surface area contributed by atoms with Crippen molar-refractivity contribution in [2.45, 2.75) is 43.2 Å². The first-order valence-corrected chi connectivity index (χ1v) is 10.9. The highest BCUT2D eigenvalue weighted by molar-refractivity contribution is 5.35. The van der Waals surface area contributed by atoms with E-state index in [-0.39, 0.29) is 18.1 Å². The van der Waals surface area contributed by atoms with E-state index in [1.165, 1.54) is 16.7 Å². The van der Waals surface area contributed by atoms with Crippen LogP contribution in [0.2, 0.25) is 0 Å². The van der Waals surface area contributed by atoms with E-state index >= 15 is 0 Å². The number of ether oxygens (including phenoxy) is 1. The Labute approximate surface area is 179 Å². The number of aliphatic hydroxyl groups excluding tert-OH is 1. The summed E-state index contributed by atoms with van der Waals surface area (Å²) in [6.45, 7) is 0.174. The van der Waals surface area contributed by atoms with Crippen molar-refractivity contribution in [3.05, 3.63) is 102 Å². The van der Waals surface area contributed by atoms with Crippen molar-refractivity contribution in [1.82, 2.24) is 5.32 Å². The van der Waals surface area contributed by atoms with Crippen LogP contribution in [0.3, 0.4) is 0 Å². The number of rotatable bonds is 7. The molecule has 3 aromatic rings. The summed E-state index contributed by atoms with van der Waals surface area (Å²) in [5.74, 6) is 0.855. The van der Waals surface area contributed by atoms with Crippen LogP contribution in [0.4, 0.5) is 0 Å². The van der Waals surface area contributed by atoms with Gasteiger partial charge in [-0.15, -0.1) is 0 Å². The number of hydrogen-bond acceptors (Lipinski definition) is 3. The second-order valence-electron chi connectivity index (χ2n) is 8.37. The summed E-state index contributed by atoms with van der Waals surface area (Å²) in [5, 5.41) is 14.2. The van der Waals surface area contributed by atoms with E-state index in [1.54, 1.807) is 7.11 Å². The van der Waals surface area contributed by atoms with Crippen LogP contribution in [0.15, 0.2) is 84.9 Å². The second kappa shape index (κ2) is 9.46. The molecular formula is C27H31NO2. The van der Waals surface area contributed by atoms with Gasteiger partial charge in [0.2, 0.25) is 0 Å². The normalized spacial score (nSPS) is 21.5. The predicted octanol–water partition coefficient (Wildman–Crippen LogP) is 5.25. The van der Waals surface area contributed by atoms with Crippen LogP contribution >= 0.6 is 0 Å². The molecule has 1 saturated carbocycles. The first-order chi connectivity index (χ1) is 14.7. The van der Waals surface area contributed by atoms with Crippen LogP contribution in [-0.2, 0) is 5.41 Å². The van der Waals surface area contributed by atoms with Gasteiger partial charge in [0.1, 0.15) is 5.75 Å². The Balaban J connectivity index is 1.51. The minimum Gasteiger partial charge on any atom is -0.497 e. The fourth-order valence-electron chi connectivity index (χ4n) is 4.74. The Morgan fingerprint density at radius 1 is 0.900 bits per heavy atom. The minimum atomic E-state index is -0.179. The van der Waals surface area contributed by atoms with Gasteiger partial charge in [0.25, 0.3) is 0 Å². The average Bonchev–Trinajstić information content (AvgIpc) is 2.84. The molecule has 0 aromatic heterocycles. The van der Waals surface area contributed by atoms with E-state index < -0.39 is 0 Å². The lowest BCUT2D eigenvalue weighted by molar-refractivity contribution is 0.136. The monoisotopic (exact) mass is 401 g/mol. The topological polar surface area (TPSA) is 41.5 Å². The Bertz CT molecular complexity index is 878. The van der Waals surface area contributed by atoms with E-state index in [9.17, 15) is 5.11 Å². The third-order valence-corrected chi connectivity index (χ3v) is 6.60. The third kappa shape index (κ3) is 4.43. The largest absolute Gasteiger partial charge is 0.497 e. The maximum absolute atomic E-state index is 10.3. The van der Waals surface area contributed by atoms with Gasteiger partial charge in [-0.05, 0) is 54.5 Å². The molecule has 0 heterocycles. The van der Waals surface area contributed by atoms with Crippen molar-refractivity contribution in [1.29, 1.82) is 0 Å². The number of benzene rings is 3. The Kier molecular flexibility index (Phi) is 6.51. The molecular weight excluding hydrogens is 370 g/mol. The van der Waals surface area contributed by atoms with E-state index in [2.05, 4.69) is 78.1 Å². The second-order valence-corrected chi connectivity index (χ2v) is 8.37. The first-order valence-electron chi connectivity index (χ1n) is 10.9. The molecule has 0 bridgehead atoms. The maximum atomic E-state index is 10.3. The highest BCUT2D eigenvalue weighted by Gasteiger charge is 2.37. The lowest BCUT2D eigenvalue weighted by atomic mass is 9.68. The minimum absolute atomic E-state index is 0.174. The van der Waals surface area contributed by atoms with E-state index in [4.69, 9.17) is 4.74 Å². The quantitative estimate of drug-likeness (QED) is 0.568. The van der Waals surface area contributed by atoms with E-state index in [1.807, 2.05) is 12.1 Å². The SMILES string of the molecule is COc1cccc([C@]2(CO)CC[C@@H](NC(c3ccccc3)c3ccccc3)CC2)c1. The zero-order valence-corrected chi connectivity index (χ0v) is 17.6. The van der Waals surface area contributed by atoms with Gasteiger partial charge in [0, 0.05) is 11.5 Å². The summed E-state index contributed by atoms with van der Waals surface area (Å²) in [7, 11) is 1.69. The van der Waals surface area contributed by atoms with Crippen molar-refractivity contribution < 1.29 is 9.84 Å². The first kappa shape index (κ1) is 20.6. The predicted molar refractivity (Wildman–Crippen MR) is 122 cm³/mol. The fraction of sp³-hybridized carbons (Fsp3) is 0.333. The summed E-state index contributed by atoms with van der Waals surface area (Å²) in [5.41, 5.74) is 3.58. The molecule has 0 saturated heterocycles. The van der Waals surface area contributed by atoms with Gasteiger partial charge in [0.05, 0.1) is 19.8 Å². The zero-order chi connectivity index (χ0) is 20.8. The summed E-state index contributed by atoms with van der Waals surface area (Å²) >= 11 is 0. The van der Waals surface area contributed by atoms with Gasteiger partial charge in [-0.3, -0.25) is 0 Å². The van der Waals surface area contributed by atoms with Gasteiger partial charge in [-0.2, -0.15) is 0 Å². The van der Waals surface area contributed by atoms with Crippen molar-refractivity contribution in [3.8, 4) is 5.75 Å². The van der Waals surface area contributed by atoms with Gasteiger partial charge >= 0.3 is 0 Å². The zero-order valence-electron chi connectivity index (χ0n) is 17.6. The van der Waals surface area contributed by atoms with Crippen LogP contribution in [0, 0.1) is 0 Å². The van der Waals surface area contributed by atoms with Crippen molar-refractivity contribution >= 4 is 0 Å². The molecule has 156 valence electrons. The molecule has 3 aromatic carbocycles. The van der Waals surface area contributed by atoms with Gasteiger partial charge in [0.15, 0.2) is 0 Å². The van der Waals surface area contributed by atoms with E-state index in [0.717, 1.165) is 31.4 Å². The number of nitrogens with one attached hydrogen (secondary N) is 1. The van der Waals surface area contributed by atoms with Crippen LogP contribution in [0.1, 0.15) is 48.4 Å². The molecule has 1 fully saturated rings. The molecule has 0 unspecified atom stereocenters. The molecule has 0 atom stereocenters. The van der Waals surface area contributed by atoms with Gasteiger partial charge in [-0.1, -0.05) is 72.8 Å². The smallest absolute Gasteiger partial charge is 0.119 e. The summed E-state index contributed by atoms with van der Waals surface area (Å²) < 4.78 is 5.41. The number of aliphatic hydroxyl groups is 1. The molecule has 1 aliphatic carbocycles. The Morgan fingerprint density at radius 2 is 1.50 bits per heavy atom. The molecule has 0 amide bonds. The highest BCUT2D eigenvalue weighted by atomic mass is 16.5. The maximum Gasteiger partial charge on any atom is 0.119 e. The number of hydrogen-bond donors (Lipinski definition) is 2. The molecule has 4 rings (SSSR count). The van der Waals surface area contributed by atoms with Crippen LogP contribution in [-0.4, -0.2) is 24.9 Å². The van der Waals surface area contributed by atoms with Crippen LogP contribution in [0.5, 0.6) is 5.75 Å². The lowest BCUT2D eigenvalue weighted by Gasteiger charge is -2.41. The molecule has 3 nitrogen and oxygen atoms in total. The van der Waals surface area contributed by atoms with Crippen LogP contribution in [0.25, 0.3) is 0 Å². The molecule has 30 heavy (non-hydrogen) atoms. The van der Waals surface area contributed by atoms with Crippen molar-refractivity contribution in [3.63, 3.8) is 0 Å². The third-order valence-electron chi connectivity index (χ3n) is 6.60. The molecule has 0 radical (unpaired) electrons. The summed E-state index contributed by atoms with van der Waals surface area (Å²) in [6.07, 6.45) is 4.00.